The van der Waals surface area contributed by atoms with Crippen molar-refractivity contribution in [1.29, 1.82) is 0 Å². The molecular formula is C15H16N6O. The molecule has 1 N–H and O–H groups in total. The zero-order valence-electron chi connectivity index (χ0n) is 12.4. The van der Waals surface area contributed by atoms with Crippen LogP contribution in [0.2, 0.25) is 0 Å². The Morgan fingerprint density at radius 1 is 1.18 bits per heavy atom. The van der Waals surface area contributed by atoms with E-state index in [4.69, 9.17) is 4.52 Å². The fourth-order valence-corrected chi connectivity index (χ4v) is 2.02. The van der Waals surface area contributed by atoms with Gasteiger partial charge in [0.15, 0.2) is 5.76 Å². The van der Waals surface area contributed by atoms with Crippen molar-refractivity contribution >= 4 is 11.8 Å². The Kier molecular flexibility index (Phi) is 3.95. The van der Waals surface area contributed by atoms with Gasteiger partial charge in [-0.1, -0.05) is 5.16 Å². The van der Waals surface area contributed by atoms with E-state index in [1.54, 1.807) is 18.6 Å². The van der Waals surface area contributed by atoms with Crippen molar-refractivity contribution in [3.05, 3.63) is 48.6 Å². The minimum absolute atomic E-state index is 0.533. The van der Waals surface area contributed by atoms with Gasteiger partial charge in [-0.15, -0.1) is 0 Å². The molecule has 0 bridgehead atoms. The zero-order chi connectivity index (χ0) is 15.4. The van der Waals surface area contributed by atoms with Gasteiger partial charge in [0.2, 0.25) is 5.95 Å². The van der Waals surface area contributed by atoms with Gasteiger partial charge in [0, 0.05) is 44.3 Å². The molecule has 0 saturated carbocycles. The predicted molar refractivity (Wildman–Crippen MR) is 83.4 cm³/mol. The van der Waals surface area contributed by atoms with Crippen LogP contribution in [0.25, 0.3) is 11.3 Å². The quantitative estimate of drug-likeness (QED) is 0.773. The van der Waals surface area contributed by atoms with Gasteiger partial charge in [0.1, 0.15) is 11.5 Å². The molecule has 3 rings (SSSR count). The molecular weight excluding hydrogens is 280 g/mol. The second-order valence-corrected chi connectivity index (χ2v) is 4.76. The highest BCUT2D eigenvalue weighted by molar-refractivity contribution is 5.57. The number of nitrogens with one attached hydrogen (secondary N) is 1. The average molecular weight is 296 g/mol. The summed E-state index contributed by atoms with van der Waals surface area (Å²) in [5.41, 5.74) is 1.76. The standard InChI is InChI=1S/C15H16N6O/c1-16-14-5-8-18-15(19-14)21(2)10-12-9-13(20-22-12)11-3-6-17-7-4-11/h3-9H,10H2,1-2H3,(H,16,18,19). The minimum Gasteiger partial charge on any atom is -0.373 e. The van der Waals surface area contributed by atoms with Crippen molar-refractivity contribution in [1.82, 2.24) is 20.1 Å². The summed E-state index contributed by atoms with van der Waals surface area (Å²) in [4.78, 5) is 14.5. The number of rotatable bonds is 5. The van der Waals surface area contributed by atoms with E-state index < -0.39 is 0 Å². The van der Waals surface area contributed by atoms with Gasteiger partial charge in [-0.05, 0) is 18.2 Å². The number of hydrogen-bond acceptors (Lipinski definition) is 7. The average Bonchev–Trinajstić information content (AvgIpc) is 3.04. The highest BCUT2D eigenvalue weighted by atomic mass is 16.5. The van der Waals surface area contributed by atoms with Gasteiger partial charge in [0.05, 0.1) is 6.54 Å². The largest absolute Gasteiger partial charge is 0.373 e. The van der Waals surface area contributed by atoms with Crippen molar-refractivity contribution in [2.75, 3.05) is 24.3 Å². The maximum atomic E-state index is 5.38. The number of pyridine rings is 1. The Labute approximate surface area is 128 Å². The second kappa shape index (κ2) is 6.21. The van der Waals surface area contributed by atoms with Gasteiger partial charge in [-0.2, -0.15) is 4.98 Å². The lowest BCUT2D eigenvalue weighted by atomic mass is 10.2. The van der Waals surface area contributed by atoms with Crippen LogP contribution < -0.4 is 10.2 Å². The summed E-state index contributed by atoms with van der Waals surface area (Å²) < 4.78 is 5.38. The lowest BCUT2D eigenvalue weighted by Crippen LogP contribution is -2.19. The van der Waals surface area contributed by atoms with Gasteiger partial charge >= 0.3 is 0 Å². The molecule has 7 heteroatoms. The van der Waals surface area contributed by atoms with Crippen molar-refractivity contribution in [3.63, 3.8) is 0 Å². The number of nitrogens with zero attached hydrogens (tertiary/aromatic N) is 5. The van der Waals surface area contributed by atoms with Crippen LogP contribution in [0.1, 0.15) is 5.76 Å². The molecule has 0 saturated heterocycles. The first-order valence-corrected chi connectivity index (χ1v) is 6.84. The molecule has 22 heavy (non-hydrogen) atoms. The normalized spacial score (nSPS) is 10.5. The highest BCUT2D eigenvalue weighted by Crippen LogP contribution is 2.19. The number of aromatic nitrogens is 4. The summed E-state index contributed by atoms with van der Waals surface area (Å²) in [6.07, 6.45) is 5.17. The maximum absolute atomic E-state index is 5.38. The van der Waals surface area contributed by atoms with Crippen LogP contribution in [0.5, 0.6) is 0 Å². The van der Waals surface area contributed by atoms with E-state index in [9.17, 15) is 0 Å². The predicted octanol–water partition coefficient (Wildman–Crippen LogP) is 2.20. The van der Waals surface area contributed by atoms with E-state index in [0.717, 1.165) is 22.8 Å². The van der Waals surface area contributed by atoms with Crippen molar-refractivity contribution in [3.8, 4) is 11.3 Å². The molecule has 3 heterocycles. The molecule has 0 amide bonds. The highest BCUT2D eigenvalue weighted by Gasteiger charge is 2.11. The molecule has 112 valence electrons. The lowest BCUT2D eigenvalue weighted by molar-refractivity contribution is 0.384. The summed E-state index contributed by atoms with van der Waals surface area (Å²) in [5.74, 6) is 2.13. The Morgan fingerprint density at radius 3 is 2.77 bits per heavy atom. The van der Waals surface area contributed by atoms with E-state index in [1.807, 2.05) is 43.3 Å². The topological polar surface area (TPSA) is 80.0 Å². The molecule has 0 aromatic carbocycles. The van der Waals surface area contributed by atoms with Crippen LogP contribution in [0.3, 0.4) is 0 Å². The van der Waals surface area contributed by atoms with Crippen molar-refractivity contribution in [2.45, 2.75) is 6.54 Å². The number of anilines is 2. The molecule has 0 spiro atoms. The minimum atomic E-state index is 0.533. The van der Waals surface area contributed by atoms with Crippen LogP contribution >= 0.6 is 0 Å². The summed E-state index contributed by atoms with van der Waals surface area (Å²) in [6.45, 7) is 0.533. The maximum Gasteiger partial charge on any atom is 0.227 e. The zero-order valence-corrected chi connectivity index (χ0v) is 12.4. The fraction of sp³-hybridized carbons (Fsp3) is 0.200. The van der Waals surface area contributed by atoms with Crippen LogP contribution in [0, 0.1) is 0 Å². The third-order valence-electron chi connectivity index (χ3n) is 3.17. The van der Waals surface area contributed by atoms with Crippen LogP contribution in [-0.2, 0) is 6.54 Å². The Morgan fingerprint density at radius 2 is 2.00 bits per heavy atom. The SMILES string of the molecule is CNc1ccnc(N(C)Cc2cc(-c3ccncc3)no2)n1. The smallest absolute Gasteiger partial charge is 0.227 e. The van der Waals surface area contributed by atoms with E-state index >= 15 is 0 Å². The Balaban J connectivity index is 1.74. The van der Waals surface area contributed by atoms with Gasteiger partial charge in [-0.25, -0.2) is 4.98 Å². The van der Waals surface area contributed by atoms with E-state index in [2.05, 4.69) is 25.4 Å². The van der Waals surface area contributed by atoms with E-state index in [1.165, 1.54) is 0 Å². The summed E-state index contributed by atoms with van der Waals surface area (Å²) in [6, 6.07) is 7.51. The van der Waals surface area contributed by atoms with Crippen molar-refractivity contribution < 1.29 is 4.52 Å². The van der Waals surface area contributed by atoms with Gasteiger partial charge in [0.25, 0.3) is 0 Å². The van der Waals surface area contributed by atoms with Gasteiger partial charge in [-0.3, -0.25) is 4.98 Å². The lowest BCUT2D eigenvalue weighted by Gasteiger charge is -2.15. The summed E-state index contributed by atoms with van der Waals surface area (Å²) >= 11 is 0. The molecule has 0 radical (unpaired) electrons. The fourth-order valence-electron chi connectivity index (χ4n) is 2.02. The first-order valence-electron chi connectivity index (χ1n) is 6.84. The van der Waals surface area contributed by atoms with Crippen molar-refractivity contribution in [2.24, 2.45) is 0 Å². The molecule has 7 nitrogen and oxygen atoms in total. The van der Waals surface area contributed by atoms with Crippen LogP contribution in [0.15, 0.2) is 47.4 Å². The Bertz CT molecular complexity index is 743. The third-order valence-corrected chi connectivity index (χ3v) is 3.17. The molecule has 3 aromatic heterocycles. The first kappa shape index (κ1) is 14.0. The van der Waals surface area contributed by atoms with Crippen LogP contribution in [-0.4, -0.2) is 34.2 Å². The molecule has 0 aliphatic carbocycles. The van der Waals surface area contributed by atoms with E-state index in [-0.39, 0.29) is 0 Å². The van der Waals surface area contributed by atoms with E-state index in [0.29, 0.717) is 12.5 Å². The summed E-state index contributed by atoms with van der Waals surface area (Å²) in [7, 11) is 3.73. The monoisotopic (exact) mass is 296 g/mol. The molecule has 3 aromatic rings. The Hall–Kier alpha value is -2.96. The first-order chi connectivity index (χ1) is 10.8. The number of hydrogen-bond donors (Lipinski definition) is 1. The second-order valence-electron chi connectivity index (χ2n) is 4.76. The molecule has 0 aliphatic heterocycles. The van der Waals surface area contributed by atoms with Crippen LogP contribution in [0.4, 0.5) is 11.8 Å². The molecule has 0 atom stereocenters. The molecule has 0 unspecified atom stereocenters. The molecule has 0 fully saturated rings. The summed E-state index contributed by atoms with van der Waals surface area (Å²) in [5, 5.41) is 7.08. The third kappa shape index (κ3) is 3.03. The molecule has 0 aliphatic rings. The van der Waals surface area contributed by atoms with Gasteiger partial charge < -0.3 is 14.7 Å².